The van der Waals surface area contributed by atoms with Gasteiger partial charge in [0, 0.05) is 12.8 Å². The lowest BCUT2D eigenvalue weighted by Crippen LogP contribution is -2.30. The highest BCUT2D eigenvalue weighted by Gasteiger charge is 2.19. The fourth-order valence-corrected chi connectivity index (χ4v) is 7.15. The summed E-state index contributed by atoms with van der Waals surface area (Å²) in [5, 5.41) is 0. The zero-order chi connectivity index (χ0) is 46.5. The van der Waals surface area contributed by atoms with E-state index in [1.165, 1.54) is 122 Å². The van der Waals surface area contributed by atoms with Crippen LogP contribution in [-0.4, -0.2) is 37.2 Å². The number of carbonyl (C=O) groups is 3. The van der Waals surface area contributed by atoms with E-state index in [9.17, 15) is 14.4 Å². The Labute approximate surface area is 395 Å². The van der Waals surface area contributed by atoms with Crippen LogP contribution >= 0.6 is 0 Å². The number of carbonyl (C=O) groups excluding carboxylic acids is 3. The molecule has 6 heteroatoms. The lowest BCUT2D eigenvalue weighted by Gasteiger charge is -2.18. The van der Waals surface area contributed by atoms with Crippen LogP contribution in [0, 0.1) is 0 Å². The molecule has 64 heavy (non-hydrogen) atoms. The topological polar surface area (TPSA) is 78.9 Å². The fraction of sp³-hybridized carbons (Fsp3) is 0.707. The molecular formula is C58H98O6. The van der Waals surface area contributed by atoms with Crippen molar-refractivity contribution < 1.29 is 28.6 Å². The first kappa shape index (κ1) is 60.6. The monoisotopic (exact) mass is 891 g/mol. The minimum Gasteiger partial charge on any atom is -0.462 e. The largest absolute Gasteiger partial charge is 0.462 e. The van der Waals surface area contributed by atoms with E-state index in [0.29, 0.717) is 12.8 Å². The van der Waals surface area contributed by atoms with Crippen molar-refractivity contribution in [1.82, 2.24) is 0 Å². The van der Waals surface area contributed by atoms with Crippen molar-refractivity contribution in [2.45, 2.75) is 252 Å². The molecule has 0 saturated heterocycles. The highest BCUT2D eigenvalue weighted by atomic mass is 16.6. The smallest absolute Gasteiger partial charge is 0.310 e. The molecule has 0 radical (unpaired) electrons. The van der Waals surface area contributed by atoms with E-state index >= 15 is 0 Å². The standard InChI is InChI=1S/C58H98O6/c1-4-7-10-13-16-19-22-25-27-28-29-30-32-33-36-39-42-45-48-51-57(60)63-54-55(53-62-56(59)50-47-44-41-38-35-24-21-18-15-12-9-6-3)64-58(61)52-49-46-43-40-37-34-31-26-23-20-17-14-11-8-5-2/h8,11,17-18,20-21,25-27,31,37,40,46,49,55H,4-7,9-10,12-16,19,22-24,28-30,32-36,38-39,41-45,47-48,50-54H2,1-3H3/b11-8-,20-17-,21-18-,27-25-,31-26-,40-37-,49-46-. The molecule has 6 nitrogen and oxygen atoms in total. The van der Waals surface area contributed by atoms with Crippen LogP contribution in [0.5, 0.6) is 0 Å². The molecule has 1 atom stereocenters. The second-order valence-electron chi connectivity index (χ2n) is 17.4. The van der Waals surface area contributed by atoms with Crippen molar-refractivity contribution in [2.24, 2.45) is 0 Å². The summed E-state index contributed by atoms with van der Waals surface area (Å²) in [5.74, 6) is -1.06. The molecule has 0 amide bonds. The minimum atomic E-state index is -0.834. The van der Waals surface area contributed by atoms with Gasteiger partial charge >= 0.3 is 17.9 Å². The Bertz CT molecular complexity index is 1250. The number of unbranched alkanes of at least 4 members (excludes halogenated alkanes) is 23. The highest BCUT2D eigenvalue weighted by Crippen LogP contribution is 2.14. The molecule has 0 aliphatic rings. The molecule has 0 aromatic heterocycles. The molecule has 0 saturated carbocycles. The van der Waals surface area contributed by atoms with Gasteiger partial charge in [-0.05, 0) is 96.3 Å². The highest BCUT2D eigenvalue weighted by molar-refractivity contribution is 5.72. The Morgan fingerprint density at radius 1 is 0.344 bits per heavy atom. The molecule has 0 rings (SSSR count). The van der Waals surface area contributed by atoms with Gasteiger partial charge in [0.05, 0.1) is 6.42 Å². The molecule has 0 fully saturated rings. The molecule has 0 aromatic carbocycles. The van der Waals surface area contributed by atoms with Gasteiger partial charge in [-0.15, -0.1) is 0 Å². The lowest BCUT2D eigenvalue weighted by molar-refractivity contribution is -0.166. The van der Waals surface area contributed by atoms with Gasteiger partial charge in [0.1, 0.15) is 13.2 Å². The van der Waals surface area contributed by atoms with Crippen LogP contribution in [-0.2, 0) is 28.6 Å². The van der Waals surface area contributed by atoms with Crippen molar-refractivity contribution >= 4 is 17.9 Å². The van der Waals surface area contributed by atoms with Gasteiger partial charge < -0.3 is 14.2 Å². The first-order valence-electron chi connectivity index (χ1n) is 26.6. The Morgan fingerprint density at radius 2 is 0.656 bits per heavy atom. The van der Waals surface area contributed by atoms with E-state index in [2.05, 4.69) is 93.7 Å². The van der Waals surface area contributed by atoms with E-state index in [0.717, 1.165) is 83.5 Å². The van der Waals surface area contributed by atoms with Gasteiger partial charge in [-0.3, -0.25) is 14.4 Å². The second kappa shape index (κ2) is 52.2. The summed E-state index contributed by atoms with van der Waals surface area (Å²) in [5.41, 5.74) is 0. The van der Waals surface area contributed by atoms with Gasteiger partial charge in [-0.2, -0.15) is 0 Å². The van der Waals surface area contributed by atoms with Gasteiger partial charge in [-0.1, -0.05) is 215 Å². The molecule has 366 valence electrons. The third-order valence-electron chi connectivity index (χ3n) is 11.1. The van der Waals surface area contributed by atoms with E-state index in [1.54, 1.807) is 6.08 Å². The van der Waals surface area contributed by atoms with Crippen LogP contribution < -0.4 is 0 Å². The Morgan fingerprint density at radius 3 is 1.05 bits per heavy atom. The molecule has 0 spiro atoms. The third-order valence-corrected chi connectivity index (χ3v) is 11.1. The fourth-order valence-electron chi connectivity index (χ4n) is 7.15. The molecule has 0 aliphatic carbocycles. The molecule has 0 aliphatic heterocycles. The number of rotatable bonds is 47. The summed E-state index contributed by atoms with van der Waals surface area (Å²) in [7, 11) is 0. The lowest BCUT2D eigenvalue weighted by atomic mass is 10.1. The molecule has 0 heterocycles. The maximum Gasteiger partial charge on any atom is 0.310 e. The average molecular weight is 891 g/mol. The van der Waals surface area contributed by atoms with E-state index < -0.39 is 12.1 Å². The normalized spacial score (nSPS) is 12.7. The van der Waals surface area contributed by atoms with Crippen LogP contribution in [0.25, 0.3) is 0 Å². The summed E-state index contributed by atoms with van der Waals surface area (Å²) < 4.78 is 16.7. The van der Waals surface area contributed by atoms with Gasteiger partial charge in [0.25, 0.3) is 0 Å². The molecule has 0 N–H and O–H groups in total. The number of allylic oxidation sites excluding steroid dienone is 13. The molecule has 0 aromatic rings. The number of esters is 3. The van der Waals surface area contributed by atoms with Crippen LogP contribution in [0.3, 0.4) is 0 Å². The van der Waals surface area contributed by atoms with Crippen LogP contribution in [0.1, 0.15) is 245 Å². The van der Waals surface area contributed by atoms with Gasteiger partial charge in [0.2, 0.25) is 0 Å². The Balaban J connectivity index is 4.46. The second-order valence-corrected chi connectivity index (χ2v) is 17.4. The molecule has 1 unspecified atom stereocenters. The summed E-state index contributed by atoms with van der Waals surface area (Å²) in [6.07, 6.45) is 67.4. The summed E-state index contributed by atoms with van der Waals surface area (Å²) in [6.45, 7) is 6.40. The van der Waals surface area contributed by atoms with E-state index in [-0.39, 0.29) is 31.6 Å². The predicted molar refractivity (Wildman–Crippen MR) is 274 cm³/mol. The van der Waals surface area contributed by atoms with E-state index in [4.69, 9.17) is 14.2 Å². The molecule has 0 bridgehead atoms. The van der Waals surface area contributed by atoms with Gasteiger partial charge in [0.15, 0.2) is 6.10 Å². The first-order valence-corrected chi connectivity index (χ1v) is 26.6. The molecular weight excluding hydrogens is 793 g/mol. The summed E-state index contributed by atoms with van der Waals surface area (Å²) in [6, 6.07) is 0. The summed E-state index contributed by atoms with van der Waals surface area (Å²) >= 11 is 0. The maximum absolute atomic E-state index is 12.7. The van der Waals surface area contributed by atoms with Crippen molar-refractivity contribution in [3.05, 3.63) is 85.1 Å². The zero-order valence-corrected chi connectivity index (χ0v) is 41.8. The predicted octanol–water partition coefficient (Wildman–Crippen LogP) is 17.6. The van der Waals surface area contributed by atoms with Crippen LogP contribution in [0.4, 0.5) is 0 Å². The van der Waals surface area contributed by atoms with Crippen LogP contribution in [0.15, 0.2) is 85.1 Å². The van der Waals surface area contributed by atoms with E-state index in [1.807, 2.05) is 6.08 Å². The minimum absolute atomic E-state index is 0.0945. The van der Waals surface area contributed by atoms with Crippen LogP contribution in [0.2, 0.25) is 0 Å². The van der Waals surface area contributed by atoms with Crippen molar-refractivity contribution in [3.8, 4) is 0 Å². The number of hydrogen-bond donors (Lipinski definition) is 0. The summed E-state index contributed by atoms with van der Waals surface area (Å²) in [4.78, 5) is 37.9. The zero-order valence-electron chi connectivity index (χ0n) is 41.8. The Kier molecular flexibility index (Phi) is 49.4. The van der Waals surface area contributed by atoms with Crippen molar-refractivity contribution in [3.63, 3.8) is 0 Å². The Hall–Kier alpha value is -3.41. The first-order chi connectivity index (χ1) is 31.5. The number of ether oxygens (including phenoxy) is 3. The van der Waals surface area contributed by atoms with Crippen molar-refractivity contribution in [1.29, 1.82) is 0 Å². The SMILES string of the molecule is CC/C=C\C/C=C\C/C=C\C/C=C\C/C=C\CC(=O)OC(COC(=O)CCCCCCC/C=C\CCCCC)COC(=O)CCCCCCCCCCC/C=C\CCCCCCCC. The average Bonchev–Trinajstić information content (AvgIpc) is 3.29. The van der Waals surface area contributed by atoms with Gasteiger partial charge in [-0.25, -0.2) is 0 Å². The maximum atomic E-state index is 12.7. The number of hydrogen-bond acceptors (Lipinski definition) is 6. The van der Waals surface area contributed by atoms with Crippen molar-refractivity contribution in [2.75, 3.05) is 13.2 Å². The quantitative estimate of drug-likeness (QED) is 0.0262. The third kappa shape index (κ3) is 49.6.